The van der Waals surface area contributed by atoms with E-state index >= 15 is 0 Å². The van der Waals surface area contributed by atoms with Gasteiger partial charge in [-0.3, -0.25) is 9.99 Å². The average Bonchev–Trinajstić information content (AvgIpc) is 2.87. The number of halogens is 1. The van der Waals surface area contributed by atoms with Gasteiger partial charge in [0.2, 0.25) is 0 Å². The number of pyridine rings is 2. The molecule has 0 spiro atoms. The molecule has 0 saturated heterocycles. The van der Waals surface area contributed by atoms with Crippen molar-refractivity contribution >= 4 is 40.7 Å². The van der Waals surface area contributed by atoms with Crippen LogP contribution in [0.5, 0.6) is 0 Å². The van der Waals surface area contributed by atoms with Gasteiger partial charge in [-0.05, 0) is 29.8 Å². The number of nitrogens with zero attached hydrogens (tertiary/aromatic N) is 4. The first-order valence-electron chi connectivity index (χ1n) is 8.97. The number of aromatic nitrogens is 2. The fourth-order valence-electron chi connectivity index (χ4n) is 3.44. The molecule has 0 saturated carbocycles. The first-order chi connectivity index (χ1) is 13.8. The highest BCUT2D eigenvalue weighted by Crippen LogP contribution is 2.40. The third kappa shape index (κ3) is 3.02. The Morgan fingerprint density at radius 2 is 2.00 bits per heavy atom. The van der Waals surface area contributed by atoms with E-state index in [1.807, 2.05) is 60.0 Å². The van der Waals surface area contributed by atoms with E-state index in [0.717, 1.165) is 44.5 Å². The van der Waals surface area contributed by atoms with Crippen LogP contribution in [0.2, 0.25) is 5.02 Å². The summed E-state index contributed by atoms with van der Waals surface area (Å²) in [5.74, 6) is 0.788. The minimum atomic E-state index is 0.619. The fourth-order valence-corrected chi connectivity index (χ4v) is 3.64. The minimum Gasteiger partial charge on any atom is -0.338 e. The number of benzene rings is 1. The predicted octanol–water partition coefficient (Wildman–Crippen LogP) is 4.10. The maximum absolute atomic E-state index is 6.27. The molecule has 0 bridgehead atoms. The van der Waals surface area contributed by atoms with Gasteiger partial charge in [-0.2, -0.15) is 0 Å². The summed E-state index contributed by atoms with van der Waals surface area (Å²) in [6, 6.07) is 13.8. The number of aliphatic imine (C=N–C) groups is 1. The SMILES string of the molecule is Clc1ccccc1CNN1C=NC2=C(C1)c1ccncc1Nc1ncccc12. The number of hydrogen-bond acceptors (Lipinski definition) is 6. The Morgan fingerprint density at radius 1 is 1.07 bits per heavy atom. The van der Waals surface area contributed by atoms with Gasteiger partial charge in [-0.25, -0.2) is 15.4 Å². The molecule has 1 aromatic carbocycles. The van der Waals surface area contributed by atoms with Gasteiger partial charge in [0.1, 0.15) is 12.2 Å². The van der Waals surface area contributed by atoms with Gasteiger partial charge < -0.3 is 5.32 Å². The monoisotopic (exact) mass is 388 g/mol. The molecule has 6 nitrogen and oxygen atoms in total. The van der Waals surface area contributed by atoms with E-state index in [-0.39, 0.29) is 0 Å². The maximum atomic E-state index is 6.27. The van der Waals surface area contributed by atoms with Crippen molar-refractivity contribution in [3.8, 4) is 0 Å². The Bertz CT molecular complexity index is 1110. The van der Waals surface area contributed by atoms with Gasteiger partial charge in [0.25, 0.3) is 0 Å². The summed E-state index contributed by atoms with van der Waals surface area (Å²) in [4.78, 5) is 13.5. The van der Waals surface area contributed by atoms with Crippen molar-refractivity contribution in [2.75, 3.05) is 11.9 Å². The van der Waals surface area contributed by atoms with Gasteiger partial charge in [-0.1, -0.05) is 29.8 Å². The first kappa shape index (κ1) is 16.9. The molecule has 28 heavy (non-hydrogen) atoms. The molecule has 138 valence electrons. The molecule has 2 N–H and O–H groups in total. The molecule has 0 unspecified atom stereocenters. The first-order valence-corrected chi connectivity index (χ1v) is 9.35. The van der Waals surface area contributed by atoms with Crippen LogP contribution in [0.1, 0.15) is 16.7 Å². The number of anilines is 2. The molecule has 4 heterocycles. The van der Waals surface area contributed by atoms with Crippen LogP contribution in [0.25, 0.3) is 11.3 Å². The molecule has 3 aromatic rings. The summed E-state index contributed by atoms with van der Waals surface area (Å²) in [5, 5.41) is 6.12. The molecule has 2 aliphatic heterocycles. The molecular formula is C21H17ClN6. The molecular weight excluding hydrogens is 372 g/mol. The van der Waals surface area contributed by atoms with Gasteiger partial charge >= 0.3 is 0 Å². The van der Waals surface area contributed by atoms with Gasteiger partial charge in [0.15, 0.2) is 0 Å². The molecule has 0 aliphatic carbocycles. The topological polar surface area (TPSA) is 65.4 Å². The van der Waals surface area contributed by atoms with Gasteiger partial charge in [-0.15, -0.1) is 0 Å². The van der Waals surface area contributed by atoms with Crippen molar-refractivity contribution in [3.05, 3.63) is 82.8 Å². The highest BCUT2D eigenvalue weighted by Gasteiger charge is 2.25. The number of nitrogens with one attached hydrogen (secondary N) is 2. The Hall–Kier alpha value is -3.22. The summed E-state index contributed by atoms with van der Waals surface area (Å²) in [6.07, 6.45) is 7.22. The van der Waals surface area contributed by atoms with Crippen molar-refractivity contribution in [1.82, 2.24) is 20.4 Å². The molecule has 7 heteroatoms. The second kappa shape index (κ2) is 7.07. The lowest BCUT2D eigenvalue weighted by Gasteiger charge is -2.27. The Morgan fingerprint density at radius 3 is 2.93 bits per heavy atom. The van der Waals surface area contributed by atoms with E-state index in [1.165, 1.54) is 0 Å². The van der Waals surface area contributed by atoms with Crippen molar-refractivity contribution in [3.63, 3.8) is 0 Å². The standard InChI is InChI=1S/C21H17ClN6/c22-18-6-2-1-4-14(18)10-26-28-12-17-15-7-9-23-11-19(15)27-21-16(5-3-8-24-21)20(17)25-13-28/h1-9,11,13,26H,10,12H2,(H,24,27). The maximum Gasteiger partial charge on any atom is 0.139 e. The van der Waals surface area contributed by atoms with Gasteiger partial charge in [0, 0.05) is 40.7 Å². The Labute approximate surface area is 167 Å². The molecule has 2 aliphatic rings. The third-order valence-corrected chi connectivity index (χ3v) is 5.20. The third-order valence-electron chi connectivity index (χ3n) is 4.83. The van der Waals surface area contributed by atoms with Crippen molar-refractivity contribution in [2.24, 2.45) is 4.99 Å². The largest absolute Gasteiger partial charge is 0.338 e. The molecule has 5 rings (SSSR count). The van der Waals surface area contributed by atoms with E-state index in [0.29, 0.717) is 13.1 Å². The molecule has 0 radical (unpaired) electrons. The van der Waals surface area contributed by atoms with Crippen LogP contribution in [0.15, 0.2) is 66.0 Å². The van der Waals surface area contributed by atoms with Crippen LogP contribution in [-0.4, -0.2) is 27.9 Å². The second-order valence-electron chi connectivity index (χ2n) is 6.57. The fraction of sp³-hybridized carbons (Fsp3) is 0.0952. The molecule has 0 amide bonds. The zero-order valence-corrected chi connectivity index (χ0v) is 15.7. The van der Waals surface area contributed by atoms with Crippen LogP contribution in [-0.2, 0) is 6.54 Å². The van der Waals surface area contributed by atoms with Crippen LogP contribution in [0, 0.1) is 0 Å². The minimum absolute atomic E-state index is 0.619. The average molecular weight is 389 g/mol. The molecule has 2 aromatic heterocycles. The summed E-state index contributed by atoms with van der Waals surface area (Å²) in [7, 11) is 0. The summed E-state index contributed by atoms with van der Waals surface area (Å²) in [5.41, 5.74) is 9.47. The van der Waals surface area contributed by atoms with E-state index in [1.54, 1.807) is 12.4 Å². The number of fused-ring (bicyclic) bond motifs is 4. The van der Waals surface area contributed by atoms with E-state index < -0.39 is 0 Å². The number of hydrogen-bond donors (Lipinski definition) is 2. The summed E-state index contributed by atoms with van der Waals surface area (Å²) >= 11 is 6.27. The lowest BCUT2D eigenvalue weighted by atomic mass is 10.0. The van der Waals surface area contributed by atoms with E-state index in [2.05, 4.69) is 20.7 Å². The zero-order chi connectivity index (χ0) is 18.9. The Balaban J connectivity index is 1.48. The summed E-state index contributed by atoms with van der Waals surface area (Å²) < 4.78 is 0. The number of rotatable bonds is 3. The quantitative estimate of drug-likeness (QED) is 0.707. The smallest absolute Gasteiger partial charge is 0.139 e. The normalized spacial score (nSPS) is 14.7. The van der Waals surface area contributed by atoms with Gasteiger partial charge in [0.05, 0.1) is 24.1 Å². The highest BCUT2D eigenvalue weighted by molar-refractivity contribution is 6.31. The Kier molecular flexibility index (Phi) is 4.27. The molecule has 0 atom stereocenters. The van der Waals surface area contributed by atoms with Crippen LogP contribution < -0.4 is 10.7 Å². The van der Waals surface area contributed by atoms with Crippen molar-refractivity contribution < 1.29 is 0 Å². The number of hydrazine groups is 1. The van der Waals surface area contributed by atoms with Crippen LogP contribution in [0.4, 0.5) is 11.5 Å². The molecule has 0 fully saturated rings. The van der Waals surface area contributed by atoms with Crippen LogP contribution >= 0.6 is 11.6 Å². The highest BCUT2D eigenvalue weighted by atomic mass is 35.5. The van der Waals surface area contributed by atoms with Crippen molar-refractivity contribution in [1.29, 1.82) is 0 Å². The van der Waals surface area contributed by atoms with E-state index in [4.69, 9.17) is 16.6 Å². The predicted molar refractivity (Wildman–Crippen MR) is 112 cm³/mol. The van der Waals surface area contributed by atoms with Crippen LogP contribution in [0.3, 0.4) is 0 Å². The summed E-state index contributed by atoms with van der Waals surface area (Å²) in [6.45, 7) is 1.28. The van der Waals surface area contributed by atoms with Crippen molar-refractivity contribution in [2.45, 2.75) is 6.54 Å². The second-order valence-corrected chi connectivity index (χ2v) is 6.98. The lowest BCUT2D eigenvalue weighted by molar-refractivity contribution is 0.344. The zero-order valence-electron chi connectivity index (χ0n) is 14.9. The lowest BCUT2D eigenvalue weighted by Crippen LogP contribution is -2.39. The van der Waals surface area contributed by atoms with E-state index in [9.17, 15) is 0 Å².